The Labute approximate surface area is 174 Å². The molecule has 1 aliphatic carbocycles. The number of hydrogen-bond donors (Lipinski definition) is 1. The van der Waals surface area contributed by atoms with Crippen molar-refractivity contribution in [1.82, 2.24) is 9.13 Å². The van der Waals surface area contributed by atoms with Crippen LogP contribution >= 0.6 is 0 Å². The number of carboxylic acids is 1. The van der Waals surface area contributed by atoms with Crippen LogP contribution in [0.15, 0.2) is 35.4 Å². The van der Waals surface area contributed by atoms with Gasteiger partial charge in [0.05, 0.1) is 18.3 Å². The number of ether oxygens (including phenoxy) is 1. The third kappa shape index (κ3) is 2.85. The van der Waals surface area contributed by atoms with Crippen molar-refractivity contribution in [2.75, 3.05) is 7.11 Å². The summed E-state index contributed by atoms with van der Waals surface area (Å²) in [4.78, 5) is 24.1. The predicted molar refractivity (Wildman–Crippen MR) is 115 cm³/mol. The third-order valence-electron chi connectivity index (χ3n) is 6.62. The van der Waals surface area contributed by atoms with Crippen LogP contribution in [0.3, 0.4) is 0 Å². The lowest BCUT2D eigenvalue weighted by Crippen LogP contribution is -2.28. The lowest BCUT2D eigenvalue weighted by molar-refractivity contribution is 0.0694. The zero-order valence-electron chi connectivity index (χ0n) is 17.5. The van der Waals surface area contributed by atoms with Crippen LogP contribution < -0.4 is 10.2 Å². The normalized spacial score (nSPS) is 17.8. The number of fused-ring (bicyclic) bond motifs is 5. The monoisotopic (exact) mass is 406 g/mol. The molecule has 1 atom stereocenters. The van der Waals surface area contributed by atoms with E-state index in [4.69, 9.17) is 4.74 Å². The summed E-state index contributed by atoms with van der Waals surface area (Å²) in [6, 6.07) is 5.73. The maximum absolute atomic E-state index is 12.5. The van der Waals surface area contributed by atoms with Gasteiger partial charge in [0.15, 0.2) is 5.43 Å². The average Bonchev–Trinajstić information content (AvgIpc) is 3.43. The molecule has 0 saturated heterocycles. The number of hydrogen-bond acceptors (Lipinski definition) is 3. The molecule has 2 aliphatic rings. The Kier molecular flexibility index (Phi) is 4.27. The highest BCUT2D eigenvalue weighted by Crippen LogP contribution is 2.45. The number of aromatic nitrogens is 2. The summed E-state index contributed by atoms with van der Waals surface area (Å²) in [5.74, 6) is 0.637. The molecular formula is C24H26N2O4. The standard InChI is InChI=1S/C24H26N2O4/c1-13(2)19-8-16-15-6-7-25(11-14-4-5-14)23(15)22(30-3)9-17(16)20-10-21(27)18(24(28)29)12-26(19)20/h6-7,9-10,12-14,19H,4-5,8,11H2,1-3H3,(H,28,29). The van der Waals surface area contributed by atoms with E-state index in [2.05, 4.69) is 30.7 Å². The maximum atomic E-state index is 12.5. The zero-order chi connectivity index (χ0) is 21.2. The van der Waals surface area contributed by atoms with Gasteiger partial charge >= 0.3 is 5.97 Å². The van der Waals surface area contributed by atoms with Crippen molar-refractivity contribution in [1.29, 1.82) is 0 Å². The van der Waals surface area contributed by atoms with Crippen LogP contribution in [0.2, 0.25) is 0 Å². The molecule has 2 aromatic heterocycles. The number of carbonyl (C=O) groups is 1. The first kappa shape index (κ1) is 19.0. The van der Waals surface area contributed by atoms with E-state index in [1.54, 1.807) is 7.11 Å². The Bertz CT molecular complexity index is 1230. The Morgan fingerprint density at radius 3 is 2.70 bits per heavy atom. The van der Waals surface area contributed by atoms with Gasteiger partial charge in [0, 0.05) is 42.0 Å². The van der Waals surface area contributed by atoms with E-state index in [1.165, 1.54) is 30.7 Å². The van der Waals surface area contributed by atoms with Crippen LogP contribution in [0.5, 0.6) is 5.75 Å². The van der Waals surface area contributed by atoms with E-state index in [1.807, 2.05) is 10.6 Å². The van der Waals surface area contributed by atoms with Crippen molar-refractivity contribution in [2.24, 2.45) is 11.8 Å². The minimum absolute atomic E-state index is 0.0783. The van der Waals surface area contributed by atoms with Crippen molar-refractivity contribution in [3.63, 3.8) is 0 Å². The van der Waals surface area contributed by atoms with Gasteiger partial charge in [-0.2, -0.15) is 0 Å². The van der Waals surface area contributed by atoms with Crippen LogP contribution in [-0.4, -0.2) is 27.3 Å². The minimum atomic E-state index is -1.19. The van der Waals surface area contributed by atoms with Gasteiger partial charge < -0.3 is 19.0 Å². The molecule has 1 saturated carbocycles. The topological polar surface area (TPSA) is 73.5 Å². The smallest absolute Gasteiger partial charge is 0.341 e. The van der Waals surface area contributed by atoms with Gasteiger partial charge in [-0.05, 0) is 48.8 Å². The largest absolute Gasteiger partial charge is 0.495 e. The fourth-order valence-electron chi connectivity index (χ4n) is 4.82. The Balaban J connectivity index is 1.79. The molecule has 3 aromatic rings. The molecule has 30 heavy (non-hydrogen) atoms. The summed E-state index contributed by atoms with van der Waals surface area (Å²) >= 11 is 0. The van der Waals surface area contributed by atoms with Crippen LogP contribution in [0.4, 0.5) is 0 Å². The van der Waals surface area contributed by atoms with Crippen molar-refractivity contribution < 1.29 is 14.6 Å². The van der Waals surface area contributed by atoms with E-state index in [0.717, 1.165) is 46.8 Å². The molecule has 156 valence electrons. The fourth-order valence-corrected chi connectivity index (χ4v) is 4.82. The summed E-state index contributed by atoms with van der Waals surface area (Å²) in [6.45, 7) is 5.28. The highest BCUT2D eigenvalue weighted by molar-refractivity contribution is 5.96. The van der Waals surface area contributed by atoms with Gasteiger partial charge in [-0.25, -0.2) is 4.79 Å². The summed E-state index contributed by atoms with van der Waals surface area (Å²) in [7, 11) is 1.68. The van der Waals surface area contributed by atoms with Crippen molar-refractivity contribution in [3.8, 4) is 17.0 Å². The number of benzene rings is 1. The van der Waals surface area contributed by atoms with E-state index in [9.17, 15) is 14.7 Å². The van der Waals surface area contributed by atoms with Gasteiger partial charge in [-0.1, -0.05) is 13.8 Å². The second kappa shape index (κ2) is 6.76. The summed E-state index contributed by atoms with van der Waals surface area (Å²) < 4.78 is 10.0. The molecule has 6 nitrogen and oxygen atoms in total. The van der Waals surface area contributed by atoms with Crippen molar-refractivity contribution in [2.45, 2.75) is 45.7 Å². The molecule has 1 aromatic carbocycles. The Morgan fingerprint density at radius 1 is 1.30 bits per heavy atom. The van der Waals surface area contributed by atoms with Crippen LogP contribution in [-0.2, 0) is 13.0 Å². The van der Waals surface area contributed by atoms with Crippen LogP contribution in [0.25, 0.3) is 22.2 Å². The first-order chi connectivity index (χ1) is 14.4. The van der Waals surface area contributed by atoms with E-state index >= 15 is 0 Å². The predicted octanol–water partition coefficient (Wildman–Crippen LogP) is 4.34. The molecule has 0 amide bonds. The number of pyridine rings is 1. The van der Waals surface area contributed by atoms with E-state index in [-0.39, 0.29) is 17.5 Å². The number of nitrogens with zero attached hydrogens (tertiary/aromatic N) is 2. The average molecular weight is 406 g/mol. The molecular weight excluding hydrogens is 380 g/mol. The maximum Gasteiger partial charge on any atom is 0.341 e. The lowest BCUT2D eigenvalue weighted by Gasteiger charge is -2.34. The summed E-state index contributed by atoms with van der Waals surface area (Å²) in [6.07, 6.45) is 7.01. The molecule has 1 N–H and O–H groups in total. The summed E-state index contributed by atoms with van der Waals surface area (Å²) in [5.41, 5.74) is 3.39. The molecule has 1 aliphatic heterocycles. The van der Waals surface area contributed by atoms with Gasteiger partial charge in [0.2, 0.25) is 0 Å². The number of rotatable bonds is 5. The quantitative estimate of drug-likeness (QED) is 0.684. The Hall–Kier alpha value is -3.02. The van der Waals surface area contributed by atoms with Gasteiger partial charge in [0.1, 0.15) is 11.3 Å². The highest BCUT2D eigenvalue weighted by atomic mass is 16.5. The molecule has 1 unspecified atom stereocenters. The summed E-state index contributed by atoms with van der Waals surface area (Å²) in [5, 5.41) is 10.6. The number of methoxy groups -OCH3 is 1. The molecule has 5 rings (SSSR count). The zero-order valence-corrected chi connectivity index (χ0v) is 17.5. The molecule has 0 spiro atoms. The van der Waals surface area contributed by atoms with Crippen molar-refractivity contribution in [3.05, 3.63) is 51.9 Å². The SMILES string of the molecule is COc1cc2c(c3ccn(CC4CC4)c13)CC(C(C)C)n1cc(C(=O)O)c(=O)cc1-2. The minimum Gasteiger partial charge on any atom is -0.495 e. The fraction of sp³-hybridized carbons (Fsp3) is 0.417. The van der Waals surface area contributed by atoms with Gasteiger partial charge in [-0.15, -0.1) is 0 Å². The third-order valence-corrected chi connectivity index (χ3v) is 6.62. The number of aromatic carboxylic acids is 1. The number of carboxylic acid groups (broad SMARTS) is 1. The molecule has 0 bridgehead atoms. The first-order valence-electron chi connectivity index (χ1n) is 10.6. The Morgan fingerprint density at radius 2 is 2.07 bits per heavy atom. The second-order valence-electron chi connectivity index (χ2n) is 8.94. The first-order valence-corrected chi connectivity index (χ1v) is 10.6. The van der Waals surface area contributed by atoms with Gasteiger partial charge in [-0.3, -0.25) is 4.79 Å². The second-order valence-corrected chi connectivity index (χ2v) is 8.94. The van der Waals surface area contributed by atoms with E-state index in [0.29, 0.717) is 0 Å². The molecule has 1 fully saturated rings. The molecule has 3 heterocycles. The highest BCUT2D eigenvalue weighted by Gasteiger charge is 2.31. The van der Waals surface area contributed by atoms with Crippen molar-refractivity contribution >= 4 is 16.9 Å². The lowest BCUT2D eigenvalue weighted by atomic mass is 9.85. The van der Waals surface area contributed by atoms with E-state index < -0.39 is 11.4 Å². The van der Waals surface area contributed by atoms with Crippen LogP contribution in [0, 0.1) is 11.8 Å². The molecule has 0 radical (unpaired) electrons. The van der Waals surface area contributed by atoms with Crippen LogP contribution in [0.1, 0.15) is 48.7 Å². The van der Waals surface area contributed by atoms with Gasteiger partial charge in [0.25, 0.3) is 0 Å². The molecule has 6 heteroatoms.